The van der Waals surface area contributed by atoms with Crippen molar-refractivity contribution in [1.29, 1.82) is 0 Å². The molecule has 6 heteroatoms. The summed E-state index contributed by atoms with van der Waals surface area (Å²) in [7, 11) is 0. The van der Waals surface area contributed by atoms with Crippen molar-refractivity contribution in [3.63, 3.8) is 0 Å². The minimum absolute atomic E-state index is 0.102. The first-order chi connectivity index (χ1) is 33.0. The lowest BCUT2D eigenvalue weighted by molar-refractivity contribution is -0.167. The summed E-state index contributed by atoms with van der Waals surface area (Å²) < 4.78 is 16.8. The van der Waals surface area contributed by atoms with E-state index in [0.29, 0.717) is 19.3 Å². The van der Waals surface area contributed by atoms with Crippen LogP contribution in [0.2, 0.25) is 0 Å². The maximum Gasteiger partial charge on any atom is 0.306 e. The summed E-state index contributed by atoms with van der Waals surface area (Å²) in [5, 5.41) is 0. The molecule has 0 amide bonds. The molecule has 0 bridgehead atoms. The molecule has 0 aliphatic heterocycles. The summed E-state index contributed by atoms with van der Waals surface area (Å²) in [6.45, 7) is 6.39. The number of esters is 3. The lowest BCUT2D eigenvalue weighted by Crippen LogP contribution is -2.30. The minimum Gasteiger partial charge on any atom is -0.462 e. The Kier molecular flexibility index (Phi) is 51.5. The highest BCUT2D eigenvalue weighted by Gasteiger charge is 2.19. The molecular formula is C61H100O6. The Morgan fingerprint density at radius 2 is 0.627 bits per heavy atom. The van der Waals surface area contributed by atoms with Gasteiger partial charge in [-0.2, -0.15) is 0 Å². The van der Waals surface area contributed by atoms with E-state index in [1.807, 2.05) is 0 Å². The van der Waals surface area contributed by atoms with Crippen molar-refractivity contribution < 1.29 is 28.6 Å². The van der Waals surface area contributed by atoms with Crippen molar-refractivity contribution in [1.82, 2.24) is 0 Å². The second-order valence-electron chi connectivity index (χ2n) is 17.8. The topological polar surface area (TPSA) is 78.9 Å². The molecule has 6 nitrogen and oxygen atoms in total. The van der Waals surface area contributed by atoms with Crippen LogP contribution in [0.25, 0.3) is 0 Å². The van der Waals surface area contributed by atoms with E-state index in [1.54, 1.807) is 0 Å². The summed E-state index contributed by atoms with van der Waals surface area (Å²) >= 11 is 0. The van der Waals surface area contributed by atoms with Gasteiger partial charge in [-0.25, -0.2) is 0 Å². The Morgan fingerprint density at radius 1 is 0.313 bits per heavy atom. The number of allylic oxidation sites excluding steroid dienone is 18. The monoisotopic (exact) mass is 929 g/mol. The molecule has 1 unspecified atom stereocenters. The lowest BCUT2D eigenvalue weighted by atomic mass is 10.0. The van der Waals surface area contributed by atoms with Crippen LogP contribution in [0.15, 0.2) is 109 Å². The second kappa shape index (κ2) is 54.7. The van der Waals surface area contributed by atoms with Gasteiger partial charge in [0, 0.05) is 19.3 Å². The number of hydrogen-bond acceptors (Lipinski definition) is 6. The van der Waals surface area contributed by atoms with Gasteiger partial charge in [0.25, 0.3) is 0 Å². The average Bonchev–Trinajstić information content (AvgIpc) is 3.33. The molecular weight excluding hydrogens is 829 g/mol. The largest absolute Gasteiger partial charge is 0.462 e. The third-order valence-electron chi connectivity index (χ3n) is 11.2. The van der Waals surface area contributed by atoms with Crippen molar-refractivity contribution in [3.8, 4) is 0 Å². The van der Waals surface area contributed by atoms with E-state index >= 15 is 0 Å². The van der Waals surface area contributed by atoms with Gasteiger partial charge in [-0.1, -0.05) is 233 Å². The molecule has 0 aliphatic carbocycles. The van der Waals surface area contributed by atoms with Crippen LogP contribution in [0.5, 0.6) is 0 Å². The van der Waals surface area contributed by atoms with Gasteiger partial charge in [-0.3, -0.25) is 14.4 Å². The second-order valence-corrected chi connectivity index (χ2v) is 17.8. The Labute approximate surface area is 412 Å². The minimum atomic E-state index is -0.808. The summed E-state index contributed by atoms with van der Waals surface area (Å²) in [4.78, 5) is 38.0. The van der Waals surface area contributed by atoms with Crippen molar-refractivity contribution in [3.05, 3.63) is 109 Å². The summed E-state index contributed by atoms with van der Waals surface area (Å²) in [6.07, 6.45) is 73.6. The SMILES string of the molecule is CC/C=C\C/C=C\C/C=C\C/C=C\C/C=C\C/C=C\C/C=C\CCCC(=O)OCC(COC(=O)CCCCCCCCCCCCCCC)OC(=O)CCCCCCC/C=C\C/C=C\CCC. The third-order valence-corrected chi connectivity index (χ3v) is 11.2. The van der Waals surface area contributed by atoms with Crippen LogP contribution in [0.3, 0.4) is 0 Å². The Bertz CT molecular complexity index is 1390. The van der Waals surface area contributed by atoms with Crippen LogP contribution in [-0.2, 0) is 28.6 Å². The number of carbonyl (C=O) groups excluding carboxylic acids is 3. The standard InChI is InChI=1S/C61H100O6/c1-4-7-10-13-16-19-22-25-26-27-28-29-30-31-32-33-34-37-39-42-45-48-51-54-60(63)66-57-58(67-61(64)55-52-49-46-43-40-36-24-21-18-15-12-9-6-3)56-65-59(62)53-50-47-44-41-38-35-23-20-17-14-11-8-5-2/h7,10,12,15-16,19,21,24-26,28-29,31-32,34,37,42,45,58H,4-6,8-9,11,13-14,17-18,20,22-23,27,30,33,35-36,38-41,43-44,46-57H2,1-3H3/b10-7-,15-12-,19-16-,24-21-,26-25-,29-28-,32-31-,37-34-,45-42-. The molecule has 0 aromatic carbocycles. The van der Waals surface area contributed by atoms with E-state index in [9.17, 15) is 14.4 Å². The Balaban J connectivity index is 4.47. The van der Waals surface area contributed by atoms with Gasteiger partial charge in [0.2, 0.25) is 0 Å². The lowest BCUT2D eigenvalue weighted by Gasteiger charge is -2.18. The zero-order valence-electron chi connectivity index (χ0n) is 43.4. The fourth-order valence-electron chi connectivity index (χ4n) is 7.17. The molecule has 0 radical (unpaired) electrons. The van der Waals surface area contributed by atoms with Crippen LogP contribution >= 0.6 is 0 Å². The van der Waals surface area contributed by atoms with Gasteiger partial charge in [0.1, 0.15) is 13.2 Å². The highest BCUT2D eigenvalue weighted by molar-refractivity contribution is 5.71. The average molecular weight is 929 g/mol. The van der Waals surface area contributed by atoms with E-state index in [1.165, 1.54) is 70.6 Å². The summed E-state index contributed by atoms with van der Waals surface area (Å²) in [6, 6.07) is 0. The molecule has 0 saturated carbocycles. The molecule has 0 aromatic rings. The van der Waals surface area contributed by atoms with Crippen LogP contribution in [0, 0.1) is 0 Å². The maximum absolute atomic E-state index is 12.8. The zero-order chi connectivity index (χ0) is 48.6. The third kappa shape index (κ3) is 52.9. The number of unbranched alkanes of at least 4 members (excludes halogenated alkanes) is 19. The molecule has 67 heavy (non-hydrogen) atoms. The number of rotatable bonds is 48. The zero-order valence-corrected chi connectivity index (χ0v) is 43.4. The fraction of sp³-hybridized carbons (Fsp3) is 0.656. The number of hydrogen-bond donors (Lipinski definition) is 0. The van der Waals surface area contributed by atoms with Crippen LogP contribution in [0.4, 0.5) is 0 Å². The predicted molar refractivity (Wildman–Crippen MR) is 288 cm³/mol. The van der Waals surface area contributed by atoms with Gasteiger partial charge in [-0.15, -0.1) is 0 Å². The van der Waals surface area contributed by atoms with Crippen molar-refractivity contribution in [2.24, 2.45) is 0 Å². The van der Waals surface area contributed by atoms with Crippen LogP contribution in [0.1, 0.15) is 239 Å². The maximum atomic E-state index is 12.8. The predicted octanol–water partition coefficient (Wildman–Crippen LogP) is 18.3. The molecule has 0 spiro atoms. The molecule has 0 saturated heterocycles. The molecule has 380 valence electrons. The van der Waals surface area contributed by atoms with Gasteiger partial charge in [-0.05, 0) is 96.3 Å². The van der Waals surface area contributed by atoms with E-state index in [0.717, 1.165) is 122 Å². The quantitative estimate of drug-likeness (QED) is 0.0262. The summed E-state index contributed by atoms with van der Waals surface area (Å²) in [5.41, 5.74) is 0. The summed E-state index contributed by atoms with van der Waals surface area (Å²) in [5.74, 6) is -0.980. The smallest absolute Gasteiger partial charge is 0.306 e. The van der Waals surface area contributed by atoms with E-state index < -0.39 is 6.10 Å². The molecule has 0 aliphatic rings. The number of carbonyl (C=O) groups is 3. The molecule has 0 heterocycles. The van der Waals surface area contributed by atoms with Gasteiger partial charge >= 0.3 is 17.9 Å². The highest BCUT2D eigenvalue weighted by Crippen LogP contribution is 2.14. The van der Waals surface area contributed by atoms with Gasteiger partial charge in [0.15, 0.2) is 6.10 Å². The fourth-order valence-corrected chi connectivity index (χ4v) is 7.17. The molecule has 0 fully saturated rings. The van der Waals surface area contributed by atoms with Crippen molar-refractivity contribution in [2.45, 2.75) is 245 Å². The van der Waals surface area contributed by atoms with Crippen LogP contribution < -0.4 is 0 Å². The normalized spacial score (nSPS) is 12.9. The van der Waals surface area contributed by atoms with E-state index in [4.69, 9.17) is 14.2 Å². The molecule has 0 N–H and O–H groups in total. The van der Waals surface area contributed by atoms with Gasteiger partial charge in [0.05, 0.1) is 0 Å². The van der Waals surface area contributed by atoms with E-state index in [2.05, 4.69) is 130 Å². The van der Waals surface area contributed by atoms with Crippen molar-refractivity contribution >= 4 is 17.9 Å². The van der Waals surface area contributed by atoms with Crippen LogP contribution in [-0.4, -0.2) is 37.2 Å². The molecule has 0 aromatic heterocycles. The first-order valence-corrected chi connectivity index (χ1v) is 27.4. The first kappa shape index (κ1) is 63.1. The highest BCUT2D eigenvalue weighted by atomic mass is 16.6. The molecule has 0 rings (SSSR count). The number of ether oxygens (including phenoxy) is 3. The van der Waals surface area contributed by atoms with Crippen molar-refractivity contribution in [2.75, 3.05) is 13.2 Å². The Morgan fingerprint density at radius 3 is 1.03 bits per heavy atom. The van der Waals surface area contributed by atoms with E-state index in [-0.39, 0.29) is 37.5 Å². The molecule has 1 atom stereocenters. The first-order valence-electron chi connectivity index (χ1n) is 27.4. The Hall–Kier alpha value is -3.93. The van der Waals surface area contributed by atoms with Gasteiger partial charge < -0.3 is 14.2 Å².